The molecule has 1 atom stereocenters. The van der Waals surface area contributed by atoms with E-state index in [0.29, 0.717) is 43.1 Å². The summed E-state index contributed by atoms with van der Waals surface area (Å²) in [6, 6.07) is 6.53. The van der Waals surface area contributed by atoms with Crippen LogP contribution < -0.4 is 0 Å². The summed E-state index contributed by atoms with van der Waals surface area (Å²) in [4.78, 5) is 18.1. The van der Waals surface area contributed by atoms with Crippen molar-refractivity contribution in [3.63, 3.8) is 0 Å². The molecular formula is C16H18FN3O2. The molecule has 2 heterocycles. The molecule has 1 aromatic carbocycles. The topological polar surface area (TPSA) is 59.2 Å². The minimum atomic E-state index is -0.288. The lowest BCUT2D eigenvalue weighted by Gasteiger charge is -2.31. The van der Waals surface area contributed by atoms with E-state index in [4.69, 9.17) is 4.52 Å². The van der Waals surface area contributed by atoms with Gasteiger partial charge in [0.15, 0.2) is 5.82 Å². The first kappa shape index (κ1) is 14.7. The number of hydrogen-bond acceptors (Lipinski definition) is 4. The minimum absolute atomic E-state index is 0.0253. The van der Waals surface area contributed by atoms with E-state index in [2.05, 4.69) is 10.1 Å². The van der Waals surface area contributed by atoms with E-state index in [1.807, 2.05) is 6.92 Å². The molecular weight excluding hydrogens is 285 g/mol. The third-order valence-corrected chi connectivity index (χ3v) is 3.97. The van der Waals surface area contributed by atoms with Crippen molar-refractivity contribution in [3.05, 3.63) is 47.4 Å². The van der Waals surface area contributed by atoms with E-state index in [9.17, 15) is 9.18 Å². The highest BCUT2D eigenvalue weighted by molar-refractivity contribution is 5.77. The average Bonchev–Trinajstić information content (AvgIpc) is 3.00. The van der Waals surface area contributed by atoms with Crippen LogP contribution in [0.2, 0.25) is 0 Å². The molecule has 6 heteroatoms. The molecule has 1 unspecified atom stereocenters. The summed E-state index contributed by atoms with van der Waals surface area (Å²) < 4.78 is 19.0. The van der Waals surface area contributed by atoms with Crippen molar-refractivity contribution < 1.29 is 13.7 Å². The maximum absolute atomic E-state index is 13.8. The van der Waals surface area contributed by atoms with Crippen molar-refractivity contribution >= 4 is 5.91 Å². The number of carbonyl (C=O) groups is 1. The van der Waals surface area contributed by atoms with Gasteiger partial charge in [0.25, 0.3) is 0 Å². The van der Waals surface area contributed by atoms with Crippen LogP contribution in [0.25, 0.3) is 0 Å². The third kappa shape index (κ3) is 3.00. The van der Waals surface area contributed by atoms with Crippen molar-refractivity contribution in [2.24, 2.45) is 0 Å². The number of aryl methyl sites for hydroxylation is 1. The number of nitrogens with zero attached hydrogens (tertiary/aromatic N) is 3. The Morgan fingerprint density at radius 1 is 1.41 bits per heavy atom. The van der Waals surface area contributed by atoms with Gasteiger partial charge in [0, 0.05) is 31.5 Å². The Balaban J connectivity index is 1.73. The molecule has 1 fully saturated rings. The van der Waals surface area contributed by atoms with Crippen LogP contribution in [0, 0.1) is 5.82 Å². The second kappa shape index (κ2) is 6.25. The lowest BCUT2D eigenvalue weighted by Crippen LogP contribution is -2.38. The van der Waals surface area contributed by atoms with E-state index in [0.717, 1.165) is 0 Å². The first-order valence-corrected chi connectivity index (χ1v) is 7.51. The zero-order valence-electron chi connectivity index (χ0n) is 12.5. The first-order chi connectivity index (χ1) is 10.7. The predicted octanol–water partition coefficient (Wildman–Crippen LogP) is 2.68. The van der Waals surface area contributed by atoms with Crippen LogP contribution in [-0.2, 0) is 17.8 Å². The highest BCUT2D eigenvalue weighted by Crippen LogP contribution is 2.27. The Hall–Kier alpha value is -2.24. The number of amides is 1. The van der Waals surface area contributed by atoms with E-state index in [1.54, 1.807) is 23.1 Å². The monoisotopic (exact) mass is 303 g/mol. The van der Waals surface area contributed by atoms with Crippen LogP contribution in [0.5, 0.6) is 0 Å². The molecule has 0 saturated carbocycles. The van der Waals surface area contributed by atoms with Gasteiger partial charge in [-0.15, -0.1) is 0 Å². The van der Waals surface area contributed by atoms with Gasteiger partial charge in [-0.05, 0) is 12.5 Å². The van der Waals surface area contributed by atoms with Crippen molar-refractivity contribution in [3.8, 4) is 0 Å². The lowest BCUT2D eigenvalue weighted by molar-refractivity contribution is -0.134. The maximum Gasteiger partial charge on any atom is 0.231 e. The number of benzene rings is 1. The normalized spacial score (nSPS) is 18.7. The standard InChI is InChI=1S/C16H18FN3O2/c1-2-14-18-16(22-19-14)12-7-8-15(21)20(10-12)9-11-5-3-4-6-13(11)17/h3-6,12H,2,7-10H2,1H3. The molecule has 116 valence electrons. The van der Waals surface area contributed by atoms with Gasteiger partial charge in [0.2, 0.25) is 11.8 Å². The molecule has 3 rings (SSSR count). The maximum atomic E-state index is 13.8. The number of carbonyl (C=O) groups excluding carboxylic acids is 1. The second-order valence-electron chi connectivity index (χ2n) is 5.50. The Bertz CT molecular complexity index is 671. The van der Waals surface area contributed by atoms with Crippen molar-refractivity contribution in [2.45, 2.75) is 38.6 Å². The number of aromatic nitrogens is 2. The van der Waals surface area contributed by atoms with Gasteiger partial charge in [0.1, 0.15) is 5.82 Å². The summed E-state index contributed by atoms with van der Waals surface area (Å²) in [5.41, 5.74) is 0.524. The van der Waals surface area contributed by atoms with Crippen LogP contribution >= 0.6 is 0 Å². The molecule has 1 aliphatic heterocycles. The number of piperidine rings is 1. The summed E-state index contributed by atoms with van der Waals surface area (Å²) in [7, 11) is 0. The fourth-order valence-corrected chi connectivity index (χ4v) is 2.68. The summed E-state index contributed by atoms with van der Waals surface area (Å²) in [6.07, 6.45) is 1.83. The molecule has 0 N–H and O–H groups in total. The molecule has 1 aromatic heterocycles. The van der Waals surface area contributed by atoms with Crippen LogP contribution in [0.15, 0.2) is 28.8 Å². The number of halogens is 1. The third-order valence-electron chi connectivity index (χ3n) is 3.97. The fourth-order valence-electron chi connectivity index (χ4n) is 2.68. The van der Waals surface area contributed by atoms with Crippen LogP contribution in [-0.4, -0.2) is 27.5 Å². The zero-order chi connectivity index (χ0) is 15.5. The van der Waals surface area contributed by atoms with E-state index >= 15 is 0 Å². The van der Waals surface area contributed by atoms with Crippen molar-refractivity contribution in [1.82, 2.24) is 15.0 Å². The van der Waals surface area contributed by atoms with Crippen molar-refractivity contribution in [1.29, 1.82) is 0 Å². The lowest BCUT2D eigenvalue weighted by atomic mass is 9.97. The summed E-state index contributed by atoms with van der Waals surface area (Å²) >= 11 is 0. The van der Waals surface area contributed by atoms with E-state index in [-0.39, 0.29) is 24.2 Å². The van der Waals surface area contributed by atoms with Gasteiger partial charge in [-0.2, -0.15) is 4.98 Å². The quantitative estimate of drug-likeness (QED) is 0.871. The van der Waals surface area contributed by atoms with Gasteiger partial charge in [-0.25, -0.2) is 4.39 Å². The number of rotatable bonds is 4. The van der Waals surface area contributed by atoms with Gasteiger partial charge in [-0.3, -0.25) is 4.79 Å². The predicted molar refractivity (Wildman–Crippen MR) is 77.5 cm³/mol. The molecule has 0 radical (unpaired) electrons. The summed E-state index contributed by atoms with van der Waals surface area (Å²) in [5, 5.41) is 3.90. The van der Waals surface area contributed by atoms with Crippen LogP contribution in [0.1, 0.15) is 43.0 Å². The van der Waals surface area contributed by atoms with Gasteiger partial charge >= 0.3 is 0 Å². The Labute approximate surface area is 128 Å². The van der Waals surface area contributed by atoms with E-state index in [1.165, 1.54) is 6.07 Å². The fraction of sp³-hybridized carbons (Fsp3) is 0.438. The van der Waals surface area contributed by atoms with Crippen LogP contribution in [0.4, 0.5) is 4.39 Å². The molecule has 1 amide bonds. The van der Waals surface area contributed by atoms with Gasteiger partial charge < -0.3 is 9.42 Å². The highest BCUT2D eigenvalue weighted by Gasteiger charge is 2.30. The number of likely N-dealkylation sites (tertiary alicyclic amines) is 1. The zero-order valence-corrected chi connectivity index (χ0v) is 12.5. The molecule has 22 heavy (non-hydrogen) atoms. The average molecular weight is 303 g/mol. The molecule has 0 spiro atoms. The molecule has 0 bridgehead atoms. The second-order valence-corrected chi connectivity index (χ2v) is 5.50. The minimum Gasteiger partial charge on any atom is -0.339 e. The van der Waals surface area contributed by atoms with Crippen LogP contribution in [0.3, 0.4) is 0 Å². The molecule has 1 saturated heterocycles. The number of hydrogen-bond donors (Lipinski definition) is 0. The Kier molecular flexibility index (Phi) is 4.18. The largest absolute Gasteiger partial charge is 0.339 e. The SMILES string of the molecule is CCc1noc(C2CCC(=O)N(Cc3ccccc3F)C2)n1. The van der Waals surface area contributed by atoms with E-state index < -0.39 is 0 Å². The first-order valence-electron chi connectivity index (χ1n) is 7.51. The Morgan fingerprint density at radius 2 is 2.23 bits per heavy atom. The smallest absolute Gasteiger partial charge is 0.231 e. The van der Waals surface area contributed by atoms with Crippen molar-refractivity contribution in [2.75, 3.05) is 6.54 Å². The molecule has 1 aliphatic rings. The molecule has 0 aliphatic carbocycles. The summed E-state index contributed by atoms with van der Waals surface area (Å²) in [6.45, 7) is 2.72. The Morgan fingerprint density at radius 3 is 2.95 bits per heavy atom. The molecule has 5 nitrogen and oxygen atoms in total. The van der Waals surface area contributed by atoms with Gasteiger partial charge in [0.05, 0.1) is 5.92 Å². The highest BCUT2D eigenvalue weighted by atomic mass is 19.1. The van der Waals surface area contributed by atoms with Gasteiger partial charge in [-0.1, -0.05) is 30.3 Å². The summed E-state index contributed by atoms with van der Waals surface area (Å²) in [5.74, 6) is 1.02. The molecule has 2 aromatic rings.